The Morgan fingerprint density at radius 1 is 1.25 bits per heavy atom. The van der Waals surface area contributed by atoms with Crippen molar-refractivity contribution in [1.82, 2.24) is 4.90 Å². The number of carbonyl (C=O) groups excluding carboxylic acids is 1. The lowest BCUT2D eigenvalue weighted by atomic mass is 10.2. The van der Waals surface area contributed by atoms with E-state index in [2.05, 4.69) is 0 Å². The van der Waals surface area contributed by atoms with Crippen molar-refractivity contribution in [3.05, 3.63) is 23.2 Å². The van der Waals surface area contributed by atoms with Crippen LogP contribution in [0.3, 0.4) is 0 Å². The zero-order valence-corrected chi connectivity index (χ0v) is 19.2. The number of hydrogen-bond donors (Lipinski definition) is 1. The van der Waals surface area contributed by atoms with Crippen molar-refractivity contribution in [2.75, 3.05) is 6.54 Å². The molecule has 0 spiro atoms. The van der Waals surface area contributed by atoms with Gasteiger partial charge in [-0.05, 0) is 46.2 Å². The van der Waals surface area contributed by atoms with Gasteiger partial charge in [0.25, 0.3) is 0 Å². The molecule has 1 aromatic carbocycles. The Morgan fingerprint density at radius 2 is 1.84 bits per heavy atom. The van der Waals surface area contributed by atoms with Crippen LogP contribution in [0.5, 0.6) is 5.75 Å². The number of carboxylic acids is 1. The van der Waals surface area contributed by atoms with Gasteiger partial charge in [-0.15, -0.1) is 0 Å². The lowest BCUT2D eigenvalue weighted by Gasteiger charge is -2.26. The number of ether oxygens (including phenoxy) is 2. The van der Waals surface area contributed by atoms with Crippen LogP contribution in [0.2, 0.25) is 5.02 Å². The highest BCUT2D eigenvalue weighted by atomic mass is 35.5. The summed E-state index contributed by atoms with van der Waals surface area (Å²) in [6.45, 7) is 5.07. The normalized spacial score (nSPS) is 20.7. The molecule has 13 heteroatoms. The minimum absolute atomic E-state index is 0.288. The maximum Gasteiger partial charge on any atom is 0.425 e. The minimum Gasteiger partial charge on any atom is -0.481 e. The van der Waals surface area contributed by atoms with Crippen LogP contribution in [0.15, 0.2) is 23.1 Å². The zero-order valence-electron chi connectivity index (χ0n) is 17.6. The number of halogens is 4. The molecule has 2 unspecified atom stereocenters. The topological polar surface area (TPSA) is 110 Å². The molecular weight excluding hydrogens is 479 g/mol. The Bertz CT molecular complexity index is 992. The standard InChI is InChI=1S/C19H23ClF3NO7S/c1-10(19(21,22)23)30-11-5-6-15(13(20)7-11)32(28,29)12-8-14(16(25)26)24(9-12)17(27)31-18(2,3)4/h5-7,10,12,14H,8-9H2,1-4H3,(H,25,26)/t10-,12?,14?/m0/s1. The molecule has 0 aliphatic carbocycles. The number of hydrogen-bond acceptors (Lipinski definition) is 6. The average Bonchev–Trinajstić information content (AvgIpc) is 3.06. The van der Waals surface area contributed by atoms with E-state index in [9.17, 15) is 36.3 Å². The van der Waals surface area contributed by atoms with Crippen LogP contribution >= 0.6 is 11.6 Å². The molecule has 8 nitrogen and oxygen atoms in total. The molecule has 180 valence electrons. The third kappa shape index (κ3) is 5.97. The van der Waals surface area contributed by atoms with Crippen molar-refractivity contribution < 1.29 is 45.8 Å². The molecule has 0 bridgehead atoms. The van der Waals surface area contributed by atoms with Gasteiger partial charge in [-0.2, -0.15) is 13.2 Å². The van der Waals surface area contributed by atoms with Gasteiger partial charge in [0.15, 0.2) is 15.9 Å². The van der Waals surface area contributed by atoms with Gasteiger partial charge in [0.1, 0.15) is 17.4 Å². The Labute approximate surface area is 188 Å². The molecular formula is C19H23ClF3NO7S. The lowest BCUT2D eigenvalue weighted by Crippen LogP contribution is -2.43. The van der Waals surface area contributed by atoms with Gasteiger partial charge in [0, 0.05) is 12.6 Å². The number of alkyl halides is 3. The maximum absolute atomic E-state index is 13.1. The quantitative estimate of drug-likeness (QED) is 0.651. The van der Waals surface area contributed by atoms with Crippen molar-refractivity contribution >= 4 is 33.5 Å². The molecule has 1 aliphatic rings. The van der Waals surface area contributed by atoms with Gasteiger partial charge in [0.2, 0.25) is 0 Å². The fourth-order valence-electron chi connectivity index (χ4n) is 3.01. The van der Waals surface area contributed by atoms with E-state index in [4.69, 9.17) is 21.1 Å². The van der Waals surface area contributed by atoms with Crippen LogP contribution in [0.4, 0.5) is 18.0 Å². The van der Waals surface area contributed by atoms with E-state index in [1.807, 2.05) is 0 Å². The third-order valence-electron chi connectivity index (χ3n) is 4.60. The van der Waals surface area contributed by atoms with E-state index in [0.717, 1.165) is 30.0 Å². The number of rotatable bonds is 5. The second-order valence-corrected chi connectivity index (χ2v) is 10.9. The van der Waals surface area contributed by atoms with E-state index < -0.39 is 68.9 Å². The lowest BCUT2D eigenvalue weighted by molar-refractivity contribution is -0.189. The largest absolute Gasteiger partial charge is 0.481 e. The second kappa shape index (κ2) is 8.97. The highest BCUT2D eigenvalue weighted by Gasteiger charge is 2.47. The molecule has 32 heavy (non-hydrogen) atoms. The molecule has 1 N–H and O–H groups in total. The molecule has 1 amide bonds. The van der Waals surface area contributed by atoms with Gasteiger partial charge in [-0.25, -0.2) is 18.0 Å². The van der Waals surface area contributed by atoms with Crippen molar-refractivity contribution in [2.45, 2.75) is 68.2 Å². The molecule has 1 aliphatic heterocycles. The van der Waals surface area contributed by atoms with Crippen LogP contribution in [0.25, 0.3) is 0 Å². The maximum atomic E-state index is 13.1. The molecule has 2 rings (SSSR count). The first-order valence-corrected chi connectivity index (χ1v) is 11.3. The summed E-state index contributed by atoms with van der Waals surface area (Å²) in [5, 5.41) is 7.75. The summed E-state index contributed by atoms with van der Waals surface area (Å²) < 4.78 is 74.1. The molecule has 0 aromatic heterocycles. The summed E-state index contributed by atoms with van der Waals surface area (Å²) in [5.74, 6) is -1.69. The number of carboxylic acid groups (broad SMARTS) is 1. The van der Waals surface area contributed by atoms with E-state index in [1.165, 1.54) is 0 Å². The predicted molar refractivity (Wildman–Crippen MR) is 108 cm³/mol. The fourth-order valence-corrected chi connectivity index (χ4v) is 5.25. The van der Waals surface area contributed by atoms with Gasteiger partial charge in [-0.3, -0.25) is 4.90 Å². The monoisotopic (exact) mass is 501 g/mol. The average molecular weight is 502 g/mol. The van der Waals surface area contributed by atoms with Crippen LogP contribution in [-0.2, 0) is 19.4 Å². The SMILES string of the molecule is C[C@H](Oc1ccc(S(=O)(=O)C2CC(C(=O)O)N(C(=O)OC(C)(C)C)C2)c(Cl)c1)C(F)(F)F. The smallest absolute Gasteiger partial charge is 0.425 e. The number of sulfone groups is 1. The fraction of sp³-hybridized carbons (Fsp3) is 0.579. The van der Waals surface area contributed by atoms with E-state index in [-0.39, 0.29) is 10.8 Å². The van der Waals surface area contributed by atoms with E-state index >= 15 is 0 Å². The number of benzene rings is 1. The molecule has 1 aromatic rings. The van der Waals surface area contributed by atoms with Gasteiger partial charge < -0.3 is 14.6 Å². The Balaban J connectivity index is 2.29. The first-order chi connectivity index (χ1) is 14.4. The predicted octanol–water partition coefficient (Wildman–Crippen LogP) is 3.91. The number of carbonyl (C=O) groups is 2. The van der Waals surface area contributed by atoms with Crippen LogP contribution < -0.4 is 4.74 Å². The Morgan fingerprint density at radius 3 is 2.31 bits per heavy atom. The summed E-state index contributed by atoms with van der Waals surface area (Å²) in [4.78, 5) is 24.4. The Hall–Kier alpha value is -2.21. The van der Waals surface area contributed by atoms with Gasteiger partial charge in [0.05, 0.1) is 15.2 Å². The highest BCUT2D eigenvalue weighted by Crippen LogP contribution is 2.35. The number of nitrogens with zero attached hydrogens (tertiary/aromatic N) is 1. The number of likely N-dealkylation sites (tertiary alicyclic amines) is 1. The van der Waals surface area contributed by atoms with Crippen LogP contribution in [-0.4, -0.2) is 66.2 Å². The van der Waals surface area contributed by atoms with Crippen LogP contribution in [0, 0.1) is 0 Å². The second-order valence-electron chi connectivity index (χ2n) is 8.28. The summed E-state index contributed by atoms with van der Waals surface area (Å²) >= 11 is 6.01. The van der Waals surface area contributed by atoms with E-state index in [0.29, 0.717) is 0 Å². The number of amides is 1. The summed E-state index contributed by atoms with van der Waals surface area (Å²) in [7, 11) is -4.24. The van der Waals surface area contributed by atoms with Crippen molar-refractivity contribution in [2.24, 2.45) is 0 Å². The molecule has 3 atom stereocenters. The minimum atomic E-state index is -4.63. The molecule has 0 radical (unpaired) electrons. The van der Waals surface area contributed by atoms with Crippen LogP contribution in [0.1, 0.15) is 34.1 Å². The number of aliphatic carboxylic acids is 1. The first kappa shape index (κ1) is 26.0. The highest BCUT2D eigenvalue weighted by molar-refractivity contribution is 7.92. The molecule has 1 saturated heterocycles. The third-order valence-corrected chi connectivity index (χ3v) is 7.21. The van der Waals surface area contributed by atoms with Gasteiger partial charge >= 0.3 is 18.2 Å². The summed E-state index contributed by atoms with van der Waals surface area (Å²) in [5.41, 5.74) is -0.927. The van der Waals surface area contributed by atoms with Crippen molar-refractivity contribution in [1.29, 1.82) is 0 Å². The Kier molecular flexibility index (Phi) is 7.30. The van der Waals surface area contributed by atoms with Gasteiger partial charge in [-0.1, -0.05) is 11.6 Å². The summed E-state index contributed by atoms with van der Waals surface area (Å²) in [6, 6.07) is 1.52. The molecule has 1 heterocycles. The first-order valence-electron chi connectivity index (χ1n) is 9.42. The van der Waals surface area contributed by atoms with Crippen molar-refractivity contribution in [3.63, 3.8) is 0 Å². The molecule has 1 fully saturated rings. The zero-order chi connectivity index (χ0) is 24.6. The molecule has 0 saturated carbocycles. The summed E-state index contributed by atoms with van der Waals surface area (Å²) in [6.07, 6.45) is -8.15. The van der Waals surface area contributed by atoms with E-state index in [1.54, 1.807) is 20.8 Å². The van der Waals surface area contributed by atoms with Crippen molar-refractivity contribution in [3.8, 4) is 5.75 Å².